The average Bonchev–Trinajstić information content (AvgIpc) is 2.57. The van der Waals surface area contributed by atoms with E-state index in [-0.39, 0.29) is 0 Å². The zero-order valence-electron chi connectivity index (χ0n) is 8.76. The van der Waals surface area contributed by atoms with Crippen molar-refractivity contribution in [1.82, 2.24) is 0 Å². The van der Waals surface area contributed by atoms with Gasteiger partial charge in [-0.3, -0.25) is 0 Å². The molecule has 2 rings (SSSR count). The molecule has 1 N–H and O–H groups in total. The topological polar surface area (TPSA) is 37.3 Å². The van der Waals surface area contributed by atoms with Gasteiger partial charge in [0.15, 0.2) is 0 Å². The lowest BCUT2D eigenvalue weighted by Crippen LogP contribution is -2.01. The molecule has 0 fully saturated rings. The summed E-state index contributed by atoms with van der Waals surface area (Å²) in [7, 11) is 0. The second-order valence-electron chi connectivity index (χ2n) is 3.56. The second kappa shape index (κ2) is 4.62. The van der Waals surface area contributed by atoms with Crippen LogP contribution in [-0.2, 0) is 0 Å². The summed E-state index contributed by atoms with van der Waals surface area (Å²) in [5, 5.41) is 9.10. The highest BCUT2D eigenvalue weighted by Crippen LogP contribution is 2.24. The third-order valence-electron chi connectivity index (χ3n) is 2.50. The van der Waals surface area contributed by atoms with E-state index in [0.717, 1.165) is 17.6 Å². The molecular formula is C14H12O2. The van der Waals surface area contributed by atoms with Crippen molar-refractivity contribution in [3.8, 4) is 0 Å². The standard InChI is InChI=1S/C14H12O2/c15-14(16)13-10-6-5-9-12(13)11-7-3-1-2-4-8-11/h1-7,9-10H,8H2,(H,15,16). The van der Waals surface area contributed by atoms with Crippen LogP contribution in [0.2, 0.25) is 0 Å². The molecule has 0 heterocycles. The van der Waals surface area contributed by atoms with Gasteiger partial charge in [-0.2, -0.15) is 0 Å². The molecule has 1 aromatic carbocycles. The SMILES string of the molecule is O=C(O)c1ccccc1C1=CC=CC=CC1. The van der Waals surface area contributed by atoms with E-state index in [1.807, 2.05) is 42.5 Å². The molecule has 0 spiro atoms. The summed E-state index contributed by atoms with van der Waals surface area (Å²) in [6.07, 6.45) is 10.6. The molecule has 16 heavy (non-hydrogen) atoms. The first kappa shape index (κ1) is 10.4. The summed E-state index contributed by atoms with van der Waals surface area (Å²) in [6.45, 7) is 0. The van der Waals surface area contributed by atoms with Crippen LogP contribution in [0.3, 0.4) is 0 Å². The molecule has 2 nitrogen and oxygen atoms in total. The van der Waals surface area contributed by atoms with Crippen molar-refractivity contribution in [3.63, 3.8) is 0 Å². The number of aromatic carboxylic acids is 1. The smallest absolute Gasteiger partial charge is 0.336 e. The lowest BCUT2D eigenvalue weighted by Gasteiger charge is -2.07. The minimum absolute atomic E-state index is 0.359. The van der Waals surface area contributed by atoms with E-state index in [4.69, 9.17) is 5.11 Å². The number of allylic oxidation sites excluding steroid dienone is 6. The first-order valence-corrected chi connectivity index (χ1v) is 5.14. The summed E-state index contributed by atoms with van der Waals surface area (Å²) < 4.78 is 0. The van der Waals surface area contributed by atoms with E-state index in [0.29, 0.717) is 5.56 Å². The van der Waals surface area contributed by atoms with E-state index in [1.165, 1.54) is 0 Å². The number of benzene rings is 1. The summed E-state index contributed by atoms with van der Waals surface area (Å²) in [6, 6.07) is 7.09. The molecule has 0 aliphatic heterocycles. The van der Waals surface area contributed by atoms with Crippen molar-refractivity contribution >= 4 is 11.5 Å². The Kier molecular flexibility index (Phi) is 3.01. The zero-order valence-corrected chi connectivity index (χ0v) is 8.76. The molecule has 0 saturated carbocycles. The van der Waals surface area contributed by atoms with Crippen LogP contribution in [-0.4, -0.2) is 11.1 Å². The first-order valence-electron chi connectivity index (χ1n) is 5.14. The van der Waals surface area contributed by atoms with Crippen LogP contribution in [0.15, 0.2) is 54.6 Å². The van der Waals surface area contributed by atoms with E-state index in [9.17, 15) is 4.79 Å². The quantitative estimate of drug-likeness (QED) is 0.816. The molecule has 0 bridgehead atoms. The molecule has 80 valence electrons. The van der Waals surface area contributed by atoms with Crippen molar-refractivity contribution in [2.75, 3.05) is 0 Å². The molecule has 0 saturated heterocycles. The molecule has 1 aliphatic carbocycles. The van der Waals surface area contributed by atoms with Gasteiger partial charge in [-0.05, 0) is 23.6 Å². The van der Waals surface area contributed by atoms with Gasteiger partial charge in [0.2, 0.25) is 0 Å². The summed E-state index contributed by atoms with van der Waals surface area (Å²) in [5.74, 6) is -0.881. The average molecular weight is 212 g/mol. The van der Waals surface area contributed by atoms with Crippen molar-refractivity contribution in [2.24, 2.45) is 0 Å². The number of rotatable bonds is 2. The predicted molar refractivity (Wildman–Crippen MR) is 64.3 cm³/mol. The van der Waals surface area contributed by atoms with Crippen molar-refractivity contribution in [2.45, 2.75) is 6.42 Å². The van der Waals surface area contributed by atoms with Gasteiger partial charge in [0.25, 0.3) is 0 Å². The summed E-state index contributed by atoms with van der Waals surface area (Å²) in [4.78, 5) is 11.1. The van der Waals surface area contributed by atoms with E-state index in [1.54, 1.807) is 12.1 Å². The summed E-state index contributed by atoms with van der Waals surface area (Å²) in [5.41, 5.74) is 2.19. The normalized spacial score (nSPS) is 14.4. The van der Waals surface area contributed by atoms with E-state index < -0.39 is 5.97 Å². The Balaban J connectivity index is 2.47. The molecule has 1 aliphatic rings. The molecule has 0 radical (unpaired) electrons. The fourth-order valence-electron chi connectivity index (χ4n) is 1.73. The monoisotopic (exact) mass is 212 g/mol. The minimum atomic E-state index is -0.881. The van der Waals surface area contributed by atoms with Gasteiger partial charge < -0.3 is 5.11 Å². The molecule has 2 heteroatoms. The van der Waals surface area contributed by atoms with Crippen LogP contribution in [0.1, 0.15) is 22.3 Å². The molecule has 0 unspecified atom stereocenters. The maximum Gasteiger partial charge on any atom is 0.336 e. The Morgan fingerprint density at radius 1 is 1.12 bits per heavy atom. The van der Waals surface area contributed by atoms with Crippen molar-refractivity contribution in [3.05, 3.63) is 65.8 Å². The van der Waals surface area contributed by atoms with Crippen molar-refractivity contribution in [1.29, 1.82) is 0 Å². The number of carbonyl (C=O) groups is 1. The summed E-state index contributed by atoms with van der Waals surface area (Å²) >= 11 is 0. The van der Waals surface area contributed by atoms with Gasteiger partial charge in [0.05, 0.1) is 5.56 Å². The molecular weight excluding hydrogens is 200 g/mol. The maximum atomic E-state index is 11.1. The van der Waals surface area contributed by atoms with Gasteiger partial charge in [-0.1, -0.05) is 48.6 Å². The number of hydrogen-bond donors (Lipinski definition) is 1. The highest BCUT2D eigenvalue weighted by molar-refractivity contribution is 5.94. The van der Waals surface area contributed by atoms with Crippen LogP contribution in [0.4, 0.5) is 0 Å². The van der Waals surface area contributed by atoms with Crippen LogP contribution in [0, 0.1) is 0 Å². The Morgan fingerprint density at radius 2 is 1.94 bits per heavy atom. The van der Waals surface area contributed by atoms with Gasteiger partial charge in [0.1, 0.15) is 0 Å². The third kappa shape index (κ3) is 2.11. The van der Waals surface area contributed by atoms with Gasteiger partial charge in [0, 0.05) is 0 Å². The van der Waals surface area contributed by atoms with Crippen LogP contribution in [0.25, 0.3) is 5.57 Å². The lowest BCUT2D eigenvalue weighted by molar-refractivity contribution is 0.0696. The largest absolute Gasteiger partial charge is 0.478 e. The Hall–Kier alpha value is -2.09. The van der Waals surface area contributed by atoms with Gasteiger partial charge in [-0.15, -0.1) is 0 Å². The molecule has 0 atom stereocenters. The highest BCUT2D eigenvalue weighted by Gasteiger charge is 2.11. The highest BCUT2D eigenvalue weighted by atomic mass is 16.4. The lowest BCUT2D eigenvalue weighted by atomic mass is 9.97. The minimum Gasteiger partial charge on any atom is -0.478 e. The predicted octanol–water partition coefficient (Wildman–Crippen LogP) is 3.28. The molecule has 1 aromatic rings. The van der Waals surface area contributed by atoms with Crippen LogP contribution >= 0.6 is 0 Å². The fourth-order valence-corrected chi connectivity index (χ4v) is 1.73. The first-order chi connectivity index (χ1) is 7.79. The maximum absolute atomic E-state index is 11.1. The Morgan fingerprint density at radius 3 is 2.75 bits per heavy atom. The van der Waals surface area contributed by atoms with Crippen LogP contribution in [0.5, 0.6) is 0 Å². The van der Waals surface area contributed by atoms with Crippen molar-refractivity contribution < 1.29 is 9.90 Å². The third-order valence-corrected chi connectivity index (χ3v) is 2.50. The van der Waals surface area contributed by atoms with E-state index >= 15 is 0 Å². The van der Waals surface area contributed by atoms with Crippen LogP contribution < -0.4 is 0 Å². The fraction of sp³-hybridized carbons (Fsp3) is 0.0714. The Labute approximate surface area is 94.2 Å². The van der Waals surface area contributed by atoms with E-state index in [2.05, 4.69) is 0 Å². The van der Waals surface area contributed by atoms with Gasteiger partial charge >= 0.3 is 5.97 Å². The number of carboxylic acid groups (broad SMARTS) is 1. The molecule has 0 aromatic heterocycles. The number of hydrogen-bond acceptors (Lipinski definition) is 1. The molecule has 0 amide bonds. The second-order valence-corrected chi connectivity index (χ2v) is 3.56. The number of carboxylic acids is 1. The zero-order chi connectivity index (χ0) is 11.4. The van der Waals surface area contributed by atoms with Gasteiger partial charge in [-0.25, -0.2) is 4.79 Å². The Bertz CT molecular complexity index is 493.